The van der Waals surface area contributed by atoms with Crippen LogP contribution in [0.2, 0.25) is 0 Å². The molecule has 1 N–H and O–H groups in total. The lowest BCUT2D eigenvalue weighted by atomic mass is 10.1. The van der Waals surface area contributed by atoms with Gasteiger partial charge in [-0.25, -0.2) is 8.42 Å². The molecular formula is C20H23F3N2O3S. The van der Waals surface area contributed by atoms with Gasteiger partial charge in [0.15, 0.2) is 0 Å². The highest BCUT2D eigenvalue weighted by atomic mass is 32.2. The van der Waals surface area contributed by atoms with Gasteiger partial charge in [0.25, 0.3) is 0 Å². The molecule has 1 saturated heterocycles. The Hall–Kier alpha value is -2.26. The molecule has 0 bridgehead atoms. The fraction of sp³-hybridized carbons (Fsp3) is 0.400. The van der Waals surface area contributed by atoms with Crippen LogP contribution in [0.25, 0.3) is 0 Å². The highest BCUT2D eigenvalue weighted by Crippen LogP contribution is 2.34. The summed E-state index contributed by atoms with van der Waals surface area (Å²) in [4.78, 5) is 0.0235. The van der Waals surface area contributed by atoms with Gasteiger partial charge in [-0.15, -0.1) is 0 Å². The molecule has 2 aromatic rings. The van der Waals surface area contributed by atoms with Crippen molar-refractivity contribution in [3.05, 3.63) is 53.6 Å². The van der Waals surface area contributed by atoms with Crippen LogP contribution in [0, 0.1) is 0 Å². The summed E-state index contributed by atoms with van der Waals surface area (Å²) in [5.41, 5.74) is -0.232. The molecule has 0 unspecified atom stereocenters. The van der Waals surface area contributed by atoms with E-state index in [1.807, 2.05) is 0 Å². The molecule has 0 amide bonds. The molecule has 1 aliphatic rings. The Labute approximate surface area is 168 Å². The van der Waals surface area contributed by atoms with Crippen molar-refractivity contribution in [2.45, 2.75) is 37.4 Å². The Morgan fingerprint density at radius 3 is 2.45 bits per heavy atom. The Morgan fingerprint density at radius 2 is 1.79 bits per heavy atom. The molecule has 2 aromatic carbocycles. The molecule has 1 heterocycles. The van der Waals surface area contributed by atoms with Crippen LogP contribution in [0.4, 0.5) is 18.9 Å². The van der Waals surface area contributed by atoms with Crippen LogP contribution in [0.15, 0.2) is 47.4 Å². The van der Waals surface area contributed by atoms with Gasteiger partial charge in [0.1, 0.15) is 10.6 Å². The minimum absolute atomic E-state index is 0.0235. The van der Waals surface area contributed by atoms with Crippen molar-refractivity contribution in [3.63, 3.8) is 0 Å². The maximum atomic E-state index is 13.2. The summed E-state index contributed by atoms with van der Waals surface area (Å²) in [6, 6.07) is 9.85. The number of rotatable bonds is 7. The molecule has 5 nitrogen and oxygen atoms in total. The zero-order valence-electron chi connectivity index (χ0n) is 16.0. The SMILES string of the molecule is CCOc1ccc(NCc2ccccc2C(F)(F)F)cc1S(=O)(=O)N1CCCC1. The Balaban J connectivity index is 1.88. The second-order valence-electron chi connectivity index (χ2n) is 6.71. The van der Waals surface area contributed by atoms with Gasteiger partial charge >= 0.3 is 6.18 Å². The summed E-state index contributed by atoms with van der Waals surface area (Å²) in [5, 5.41) is 2.91. The van der Waals surface area contributed by atoms with E-state index in [2.05, 4.69) is 5.32 Å². The Morgan fingerprint density at radius 1 is 1.10 bits per heavy atom. The van der Waals surface area contributed by atoms with Crippen molar-refractivity contribution in [1.29, 1.82) is 0 Å². The third kappa shape index (κ3) is 4.84. The molecule has 0 atom stereocenters. The van der Waals surface area contributed by atoms with Crippen molar-refractivity contribution >= 4 is 15.7 Å². The molecule has 9 heteroatoms. The third-order valence-electron chi connectivity index (χ3n) is 4.73. The normalized spacial score (nSPS) is 15.4. The van der Waals surface area contributed by atoms with Crippen LogP contribution < -0.4 is 10.1 Å². The van der Waals surface area contributed by atoms with E-state index in [0.717, 1.165) is 18.9 Å². The minimum Gasteiger partial charge on any atom is -0.492 e. The highest BCUT2D eigenvalue weighted by molar-refractivity contribution is 7.89. The maximum absolute atomic E-state index is 13.2. The Bertz CT molecular complexity index is 956. The predicted molar refractivity (Wildman–Crippen MR) is 104 cm³/mol. The number of nitrogens with zero attached hydrogens (tertiary/aromatic N) is 1. The topological polar surface area (TPSA) is 58.6 Å². The summed E-state index contributed by atoms with van der Waals surface area (Å²) in [6.45, 7) is 2.86. The number of hydrogen-bond donors (Lipinski definition) is 1. The number of ether oxygens (including phenoxy) is 1. The highest BCUT2D eigenvalue weighted by Gasteiger charge is 2.33. The molecule has 1 fully saturated rings. The number of alkyl halides is 3. The number of anilines is 1. The molecule has 0 radical (unpaired) electrons. The van der Waals surface area contributed by atoms with E-state index in [9.17, 15) is 21.6 Å². The summed E-state index contributed by atoms with van der Waals surface area (Å²) in [6.07, 6.45) is -2.86. The number of nitrogens with one attached hydrogen (secondary N) is 1. The molecule has 29 heavy (non-hydrogen) atoms. The van der Waals surface area contributed by atoms with E-state index >= 15 is 0 Å². The van der Waals surface area contributed by atoms with Gasteiger partial charge < -0.3 is 10.1 Å². The Kier molecular flexibility index (Phi) is 6.38. The van der Waals surface area contributed by atoms with Crippen molar-refractivity contribution < 1.29 is 26.3 Å². The average Bonchev–Trinajstić information content (AvgIpc) is 3.22. The molecule has 158 valence electrons. The van der Waals surface area contributed by atoms with Crippen LogP contribution in [-0.4, -0.2) is 32.4 Å². The van der Waals surface area contributed by atoms with E-state index < -0.39 is 21.8 Å². The largest absolute Gasteiger partial charge is 0.492 e. The number of benzene rings is 2. The van der Waals surface area contributed by atoms with Gasteiger partial charge in [0, 0.05) is 25.3 Å². The number of hydrogen-bond acceptors (Lipinski definition) is 4. The monoisotopic (exact) mass is 428 g/mol. The average molecular weight is 428 g/mol. The van der Waals surface area contributed by atoms with Crippen LogP contribution in [-0.2, 0) is 22.7 Å². The van der Waals surface area contributed by atoms with E-state index in [4.69, 9.17) is 4.74 Å². The van der Waals surface area contributed by atoms with Crippen molar-refractivity contribution in [2.24, 2.45) is 0 Å². The first kappa shape index (κ1) is 21.4. The van der Waals surface area contributed by atoms with Gasteiger partial charge in [-0.1, -0.05) is 18.2 Å². The van der Waals surface area contributed by atoms with Crippen LogP contribution in [0.5, 0.6) is 5.75 Å². The zero-order chi connectivity index (χ0) is 21.1. The minimum atomic E-state index is -4.46. The molecule has 0 aliphatic carbocycles. The summed E-state index contributed by atoms with van der Waals surface area (Å²) in [7, 11) is -3.74. The van der Waals surface area contributed by atoms with Crippen LogP contribution in [0.1, 0.15) is 30.9 Å². The maximum Gasteiger partial charge on any atom is 0.416 e. The molecular weight excluding hydrogens is 405 g/mol. The van der Waals surface area contributed by atoms with Crippen molar-refractivity contribution in [1.82, 2.24) is 4.31 Å². The summed E-state index contributed by atoms with van der Waals surface area (Å²) < 4.78 is 72.4. The van der Waals surface area contributed by atoms with Crippen molar-refractivity contribution in [3.8, 4) is 5.75 Å². The molecule has 3 rings (SSSR count). The first-order valence-electron chi connectivity index (χ1n) is 9.39. The fourth-order valence-corrected chi connectivity index (χ4v) is 4.98. The van der Waals surface area contributed by atoms with E-state index in [0.29, 0.717) is 25.4 Å². The van der Waals surface area contributed by atoms with E-state index in [1.54, 1.807) is 13.0 Å². The van der Waals surface area contributed by atoms with Gasteiger partial charge in [0.05, 0.1) is 12.2 Å². The van der Waals surface area contributed by atoms with Gasteiger partial charge in [0.2, 0.25) is 10.0 Å². The predicted octanol–water partition coefficient (Wildman–Crippen LogP) is 4.50. The van der Waals surface area contributed by atoms with Gasteiger partial charge in [-0.05, 0) is 49.6 Å². The van der Waals surface area contributed by atoms with E-state index in [-0.39, 0.29) is 22.8 Å². The van der Waals surface area contributed by atoms with Crippen molar-refractivity contribution in [2.75, 3.05) is 25.0 Å². The second kappa shape index (κ2) is 8.62. The van der Waals surface area contributed by atoms with Gasteiger partial charge in [-0.2, -0.15) is 17.5 Å². The van der Waals surface area contributed by atoms with Crippen LogP contribution >= 0.6 is 0 Å². The van der Waals surface area contributed by atoms with Gasteiger partial charge in [-0.3, -0.25) is 0 Å². The standard InChI is InChI=1S/C20H23F3N2O3S/c1-2-28-18-10-9-16(13-19(18)29(26,27)25-11-5-6-12-25)24-14-15-7-3-4-8-17(15)20(21,22)23/h3-4,7-10,13,24H,2,5-6,11-12,14H2,1H3. The zero-order valence-corrected chi connectivity index (χ0v) is 16.8. The first-order chi connectivity index (χ1) is 13.7. The van der Waals surface area contributed by atoms with E-state index in [1.165, 1.54) is 34.6 Å². The molecule has 0 saturated carbocycles. The summed E-state index contributed by atoms with van der Waals surface area (Å²) >= 11 is 0. The lowest BCUT2D eigenvalue weighted by molar-refractivity contribution is -0.138. The van der Waals surface area contributed by atoms with Crippen LogP contribution in [0.3, 0.4) is 0 Å². The molecule has 0 spiro atoms. The lowest BCUT2D eigenvalue weighted by Crippen LogP contribution is -2.28. The fourth-order valence-electron chi connectivity index (χ4n) is 3.31. The third-order valence-corrected chi connectivity index (χ3v) is 6.65. The quantitative estimate of drug-likeness (QED) is 0.706. The smallest absolute Gasteiger partial charge is 0.416 e. The number of sulfonamides is 1. The first-order valence-corrected chi connectivity index (χ1v) is 10.8. The lowest BCUT2D eigenvalue weighted by Gasteiger charge is -2.19. The number of halogens is 3. The molecule has 0 aromatic heterocycles. The summed E-state index contributed by atoms with van der Waals surface area (Å²) in [5.74, 6) is 0.237. The molecule has 1 aliphatic heterocycles. The second-order valence-corrected chi connectivity index (χ2v) is 8.62.